The van der Waals surface area contributed by atoms with Crippen LogP contribution >= 0.6 is 11.3 Å². The van der Waals surface area contributed by atoms with Crippen LogP contribution in [0.2, 0.25) is 0 Å². The maximum atomic E-state index is 11.6. The maximum Gasteiger partial charge on any atom is 0.241 e. The minimum absolute atomic E-state index is 0.0723. The Balaban J connectivity index is 1.61. The number of aromatic nitrogens is 4. The van der Waals surface area contributed by atoms with Crippen molar-refractivity contribution in [3.8, 4) is 17.1 Å². The number of rotatable bonds is 4. The summed E-state index contributed by atoms with van der Waals surface area (Å²) in [5.74, 6) is 0.734. The number of thiazole rings is 1. The van der Waals surface area contributed by atoms with Crippen LogP contribution in [-0.2, 0) is 11.8 Å². The molecule has 0 spiro atoms. The number of fused-ring (bicyclic) bond motifs is 2. The van der Waals surface area contributed by atoms with Crippen molar-refractivity contribution in [2.45, 2.75) is 19.4 Å². The zero-order valence-corrected chi connectivity index (χ0v) is 16.4. The Hall–Kier alpha value is -3.00. The van der Waals surface area contributed by atoms with E-state index < -0.39 is 0 Å². The van der Waals surface area contributed by atoms with Gasteiger partial charge in [0.15, 0.2) is 0 Å². The molecule has 0 saturated carbocycles. The molecule has 2 atom stereocenters. The van der Waals surface area contributed by atoms with Gasteiger partial charge in [0.2, 0.25) is 11.8 Å². The lowest BCUT2D eigenvalue weighted by Crippen LogP contribution is -2.26. The topological polar surface area (TPSA) is 81.9 Å². The second-order valence-electron chi connectivity index (χ2n) is 7.13. The predicted molar refractivity (Wildman–Crippen MR) is 108 cm³/mol. The molecule has 4 aromatic rings. The maximum absolute atomic E-state index is 11.6. The summed E-state index contributed by atoms with van der Waals surface area (Å²) < 4.78 is 9.30. The lowest BCUT2D eigenvalue weighted by molar-refractivity contribution is -0.119. The Labute approximate surface area is 165 Å². The van der Waals surface area contributed by atoms with Gasteiger partial charge in [-0.15, -0.1) is 11.3 Å². The van der Waals surface area contributed by atoms with E-state index >= 15 is 0 Å². The lowest BCUT2D eigenvalue weighted by atomic mass is 10.0. The van der Waals surface area contributed by atoms with Gasteiger partial charge in [0.25, 0.3) is 0 Å². The molecule has 1 aromatic carbocycles. The van der Waals surface area contributed by atoms with E-state index in [2.05, 4.69) is 21.4 Å². The van der Waals surface area contributed by atoms with Crippen LogP contribution in [0.4, 0.5) is 0 Å². The zero-order chi connectivity index (χ0) is 19.3. The first-order valence-corrected chi connectivity index (χ1v) is 10.1. The van der Waals surface area contributed by atoms with E-state index in [4.69, 9.17) is 9.72 Å². The fourth-order valence-electron chi connectivity index (χ4n) is 3.68. The highest BCUT2D eigenvalue weighted by atomic mass is 32.1. The van der Waals surface area contributed by atoms with Gasteiger partial charge in [-0.25, -0.2) is 15.0 Å². The highest BCUT2D eigenvalue weighted by molar-refractivity contribution is 7.16. The second-order valence-corrected chi connectivity index (χ2v) is 8.02. The summed E-state index contributed by atoms with van der Waals surface area (Å²) in [6.07, 6.45) is 2.10. The van der Waals surface area contributed by atoms with E-state index in [1.54, 1.807) is 17.7 Å². The van der Waals surface area contributed by atoms with Crippen LogP contribution < -0.4 is 10.1 Å². The first-order chi connectivity index (χ1) is 13.6. The average molecular weight is 393 g/mol. The van der Waals surface area contributed by atoms with Crippen molar-refractivity contribution in [3.63, 3.8) is 0 Å². The third-order valence-electron chi connectivity index (χ3n) is 5.27. The lowest BCUT2D eigenvalue weighted by Gasteiger charge is -2.20. The van der Waals surface area contributed by atoms with Crippen molar-refractivity contribution in [3.05, 3.63) is 36.1 Å². The van der Waals surface area contributed by atoms with Crippen molar-refractivity contribution in [2.24, 2.45) is 13.0 Å². The fourth-order valence-corrected chi connectivity index (χ4v) is 4.39. The van der Waals surface area contributed by atoms with Crippen LogP contribution in [0.5, 0.6) is 5.88 Å². The zero-order valence-electron chi connectivity index (χ0n) is 15.5. The van der Waals surface area contributed by atoms with Crippen LogP contribution in [-0.4, -0.2) is 38.1 Å². The van der Waals surface area contributed by atoms with Crippen LogP contribution in [0, 0.1) is 5.92 Å². The third kappa shape index (κ3) is 2.80. The summed E-state index contributed by atoms with van der Waals surface area (Å²) in [4.78, 5) is 25.4. The summed E-state index contributed by atoms with van der Waals surface area (Å²) in [5, 5.41) is 2.87. The molecular formula is C20H19N5O2S. The number of pyridine rings is 1. The number of nitrogens with one attached hydrogen (secondary N) is 1. The second kappa shape index (κ2) is 6.56. The van der Waals surface area contributed by atoms with E-state index in [1.165, 1.54) is 0 Å². The van der Waals surface area contributed by atoms with E-state index in [1.807, 2.05) is 42.2 Å². The minimum atomic E-state index is -0.144. The molecule has 2 unspecified atom stereocenters. The van der Waals surface area contributed by atoms with Crippen molar-refractivity contribution >= 4 is 38.5 Å². The van der Waals surface area contributed by atoms with Gasteiger partial charge in [0, 0.05) is 31.5 Å². The number of imidazole rings is 1. The number of ether oxygens (including phenoxy) is 1. The number of hydrogen-bond acceptors (Lipinski definition) is 6. The van der Waals surface area contributed by atoms with E-state index in [0.717, 1.165) is 32.5 Å². The summed E-state index contributed by atoms with van der Waals surface area (Å²) in [6, 6.07) is 8.06. The molecule has 3 aromatic heterocycles. The third-order valence-corrected chi connectivity index (χ3v) is 6.06. The molecule has 1 aliphatic rings. The molecule has 4 heterocycles. The number of carbonyl (C=O) groups is 1. The minimum Gasteiger partial charge on any atom is -0.473 e. The van der Waals surface area contributed by atoms with Crippen molar-refractivity contribution in [2.75, 3.05) is 6.54 Å². The Morgan fingerprint density at radius 3 is 3.07 bits per heavy atom. The van der Waals surface area contributed by atoms with Gasteiger partial charge in [-0.2, -0.15) is 0 Å². The SMILES string of the molecule is CC(Oc1nc(-c2cccc3scnc23)cc2ncn(C)c12)C1CNC(=O)C1. The first kappa shape index (κ1) is 17.1. The molecule has 1 N–H and O–H groups in total. The summed E-state index contributed by atoms with van der Waals surface area (Å²) in [5.41, 5.74) is 6.18. The Bertz CT molecular complexity index is 1200. The highest BCUT2D eigenvalue weighted by Crippen LogP contribution is 2.34. The number of aryl methyl sites for hydroxylation is 1. The molecule has 28 heavy (non-hydrogen) atoms. The number of benzene rings is 1. The smallest absolute Gasteiger partial charge is 0.241 e. The predicted octanol–water partition coefficient (Wildman–Crippen LogP) is 3.15. The van der Waals surface area contributed by atoms with Crippen LogP contribution in [0.25, 0.3) is 32.5 Å². The molecule has 0 radical (unpaired) electrons. The number of amides is 1. The molecule has 1 saturated heterocycles. The van der Waals surface area contributed by atoms with E-state index in [0.29, 0.717) is 18.8 Å². The van der Waals surface area contributed by atoms with Crippen molar-refractivity contribution in [1.82, 2.24) is 24.8 Å². The van der Waals surface area contributed by atoms with Gasteiger partial charge < -0.3 is 14.6 Å². The van der Waals surface area contributed by atoms with Crippen LogP contribution in [0.3, 0.4) is 0 Å². The standard InChI is InChI=1S/C20H19N5O2S/c1-11(12-6-17(26)21-8-12)27-20-19-15(22-9-25(19)2)7-14(24-20)13-4-3-5-16-18(13)23-10-28-16/h3-5,7,9-12H,6,8H2,1-2H3,(H,21,26). The molecule has 7 nitrogen and oxygen atoms in total. The number of hydrogen-bond donors (Lipinski definition) is 1. The van der Waals surface area contributed by atoms with Crippen molar-refractivity contribution in [1.29, 1.82) is 0 Å². The van der Waals surface area contributed by atoms with E-state index in [-0.39, 0.29) is 17.9 Å². The van der Waals surface area contributed by atoms with Crippen molar-refractivity contribution < 1.29 is 9.53 Å². The molecule has 1 fully saturated rings. The summed E-state index contributed by atoms with van der Waals surface area (Å²) in [6.45, 7) is 2.62. The molecule has 1 amide bonds. The molecule has 8 heteroatoms. The van der Waals surface area contributed by atoms with Gasteiger partial charge in [-0.1, -0.05) is 12.1 Å². The number of nitrogens with zero attached hydrogens (tertiary/aromatic N) is 4. The Morgan fingerprint density at radius 1 is 1.36 bits per heavy atom. The van der Waals surface area contributed by atoms with Crippen LogP contribution in [0.15, 0.2) is 36.1 Å². The Morgan fingerprint density at radius 2 is 2.25 bits per heavy atom. The number of para-hydroxylation sites is 1. The number of carbonyl (C=O) groups excluding carboxylic acids is 1. The highest BCUT2D eigenvalue weighted by Gasteiger charge is 2.29. The van der Waals surface area contributed by atoms with Gasteiger partial charge in [-0.3, -0.25) is 4.79 Å². The first-order valence-electron chi connectivity index (χ1n) is 9.18. The Kier molecular flexibility index (Phi) is 4.01. The molecule has 5 rings (SSSR count). The molecule has 142 valence electrons. The quantitative estimate of drug-likeness (QED) is 0.576. The normalized spacial score (nSPS) is 17.9. The summed E-state index contributed by atoms with van der Waals surface area (Å²) >= 11 is 1.61. The summed E-state index contributed by atoms with van der Waals surface area (Å²) in [7, 11) is 1.93. The van der Waals surface area contributed by atoms with E-state index in [9.17, 15) is 4.79 Å². The fraction of sp³-hybridized carbons (Fsp3) is 0.300. The largest absolute Gasteiger partial charge is 0.473 e. The van der Waals surface area contributed by atoms with Crippen LogP contribution in [0.1, 0.15) is 13.3 Å². The molecule has 1 aliphatic heterocycles. The monoisotopic (exact) mass is 393 g/mol. The molecule has 0 aliphatic carbocycles. The van der Waals surface area contributed by atoms with Gasteiger partial charge in [0.05, 0.1) is 33.3 Å². The van der Waals surface area contributed by atoms with Gasteiger partial charge >= 0.3 is 0 Å². The average Bonchev–Trinajstić information content (AvgIpc) is 3.41. The molecule has 0 bridgehead atoms. The van der Waals surface area contributed by atoms with Gasteiger partial charge in [0.1, 0.15) is 11.6 Å². The van der Waals surface area contributed by atoms with Gasteiger partial charge in [-0.05, 0) is 19.1 Å². The molecular weight excluding hydrogens is 374 g/mol.